The maximum Gasteiger partial charge on any atom is 0.260 e. The standard InChI is InChI=1S/C17H19BrN2O4S/c1-9-10(2)25-17(14(9)15(19)21)20-16(22)12-8-11(18)4-5-13(12)24-7-6-23-3/h4-5,8H,6-7H2,1-3H3,(H2,19,21)(H,20,22). The number of hydrogen-bond donors (Lipinski definition) is 2. The summed E-state index contributed by atoms with van der Waals surface area (Å²) >= 11 is 4.67. The summed E-state index contributed by atoms with van der Waals surface area (Å²) in [5.41, 5.74) is 6.92. The van der Waals surface area contributed by atoms with Gasteiger partial charge in [0, 0.05) is 16.5 Å². The van der Waals surface area contributed by atoms with Crippen LogP contribution in [0.2, 0.25) is 0 Å². The van der Waals surface area contributed by atoms with Crippen LogP contribution in [0.25, 0.3) is 0 Å². The van der Waals surface area contributed by atoms with E-state index in [4.69, 9.17) is 15.2 Å². The second-order valence-corrected chi connectivity index (χ2v) is 7.43. The number of primary amides is 1. The van der Waals surface area contributed by atoms with Gasteiger partial charge in [0.25, 0.3) is 11.8 Å². The van der Waals surface area contributed by atoms with Crippen molar-refractivity contribution in [3.05, 3.63) is 44.2 Å². The topological polar surface area (TPSA) is 90.7 Å². The highest BCUT2D eigenvalue weighted by atomic mass is 79.9. The summed E-state index contributed by atoms with van der Waals surface area (Å²) in [5, 5.41) is 3.21. The Morgan fingerprint density at radius 3 is 2.64 bits per heavy atom. The lowest BCUT2D eigenvalue weighted by Crippen LogP contribution is -2.18. The molecular formula is C17H19BrN2O4S. The van der Waals surface area contributed by atoms with E-state index in [1.54, 1.807) is 32.2 Å². The average molecular weight is 427 g/mol. The van der Waals surface area contributed by atoms with Crippen molar-refractivity contribution in [2.45, 2.75) is 13.8 Å². The first-order chi connectivity index (χ1) is 11.8. The third-order valence-corrected chi connectivity index (χ3v) is 5.21. The normalized spacial score (nSPS) is 10.6. The second kappa shape index (κ2) is 8.46. The quantitative estimate of drug-likeness (QED) is 0.662. The molecule has 0 saturated heterocycles. The first kappa shape index (κ1) is 19.4. The molecule has 0 radical (unpaired) electrons. The van der Waals surface area contributed by atoms with Crippen molar-refractivity contribution < 1.29 is 19.1 Å². The van der Waals surface area contributed by atoms with E-state index in [0.29, 0.717) is 35.1 Å². The number of benzene rings is 1. The summed E-state index contributed by atoms with van der Waals surface area (Å²) in [7, 11) is 1.57. The number of nitrogens with one attached hydrogen (secondary N) is 1. The minimum absolute atomic E-state index is 0.322. The lowest BCUT2D eigenvalue weighted by molar-refractivity contribution is 0.100. The number of aryl methyl sites for hydroxylation is 1. The lowest BCUT2D eigenvalue weighted by Gasteiger charge is -2.12. The first-order valence-electron chi connectivity index (χ1n) is 7.47. The number of hydrogen-bond acceptors (Lipinski definition) is 5. The molecule has 1 aromatic carbocycles. The zero-order valence-corrected chi connectivity index (χ0v) is 16.5. The number of thiophene rings is 1. The van der Waals surface area contributed by atoms with E-state index in [1.165, 1.54) is 11.3 Å². The van der Waals surface area contributed by atoms with Crippen LogP contribution in [-0.4, -0.2) is 32.1 Å². The molecule has 134 valence electrons. The van der Waals surface area contributed by atoms with Crippen LogP contribution >= 0.6 is 27.3 Å². The summed E-state index contributed by atoms with van der Waals surface area (Å²) in [6.07, 6.45) is 0. The fourth-order valence-corrected chi connectivity index (χ4v) is 3.64. The number of anilines is 1. The molecule has 6 nitrogen and oxygen atoms in total. The molecule has 0 saturated carbocycles. The van der Waals surface area contributed by atoms with Gasteiger partial charge in [0.15, 0.2) is 0 Å². The SMILES string of the molecule is COCCOc1ccc(Br)cc1C(=O)Nc1sc(C)c(C)c1C(N)=O. The van der Waals surface area contributed by atoms with E-state index in [9.17, 15) is 9.59 Å². The highest BCUT2D eigenvalue weighted by Crippen LogP contribution is 2.33. The molecule has 1 aromatic heterocycles. The number of halogens is 1. The van der Waals surface area contributed by atoms with Gasteiger partial charge in [-0.25, -0.2) is 0 Å². The van der Waals surface area contributed by atoms with Gasteiger partial charge in [-0.05, 0) is 37.6 Å². The molecule has 2 amide bonds. The van der Waals surface area contributed by atoms with Crippen molar-refractivity contribution in [1.82, 2.24) is 0 Å². The molecule has 0 aliphatic rings. The highest BCUT2D eigenvalue weighted by Gasteiger charge is 2.21. The Kier molecular flexibility index (Phi) is 6.57. The van der Waals surface area contributed by atoms with Crippen LogP contribution in [0.3, 0.4) is 0 Å². The van der Waals surface area contributed by atoms with Crippen molar-refractivity contribution >= 4 is 44.1 Å². The van der Waals surface area contributed by atoms with Crippen LogP contribution in [0.15, 0.2) is 22.7 Å². The van der Waals surface area contributed by atoms with E-state index in [0.717, 1.165) is 14.9 Å². The van der Waals surface area contributed by atoms with E-state index in [2.05, 4.69) is 21.2 Å². The van der Waals surface area contributed by atoms with E-state index in [1.807, 2.05) is 6.92 Å². The van der Waals surface area contributed by atoms with Gasteiger partial charge in [-0.15, -0.1) is 11.3 Å². The Hall–Kier alpha value is -1.90. The molecule has 0 fully saturated rings. The largest absolute Gasteiger partial charge is 0.490 e. The Bertz CT molecular complexity index is 804. The van der Waals surface area contributed by atoms with Crippen molar-refractivity contribution in [3.8, 4) is 5.75 Å². The van der Waals surface area contributed by atoms with Crippen molar-refractivity contribution in [2.24, 2.45) is 5.73 Å². The molecule has 0 unspecified atom stereocenters. The third-order valence-electron chi connectivity index (χ3n) is 3.59. The molecule has 0 bridgehead atoms. The Balaban J connectivity index is 2.31. The van der Waals surface area contributed by atoms with E-state index >= 15 is 0 Å². The summed E-state index contributed by atoms with van der Waals surface area (Å²) in [5.74, 6) is -0.510. The van der Waals surface area contributed by atoms with Gasteiger partial charge in [0.2, 0.25) is 0 Å². The lowest BCUT2D eigenvalue weighted by atomic mass is 10.1. The molecule has 25 heavy (non-hydrogen) atoms. The number of nitrogens with two attached hydrogens (primary N) is 1. The summed E-state index contributed by atoms with van der Waals surface area (Å²) < 4.78 is 11.3. The monoisotopic (exact) mass is 426 g/mol. The van der Waals surface area contributed by atoms with Gasteiger partial charge in [-0.2, -0.15) is 0 Å². The molecule has 2 aromatic rings. The van der Waals surface area contributed by atoms with Crippen molar-refractivity contribution in [1.29, 1.82) is 0 Å². The van der Waals surface area contributed by atoms with E-state index < -0.39 is 5.91 Å². The Labute approximate surface area is 158 Å². The highest BCUT2D eigenvalue weighted by molar-refractivity contribution is 9.10. The molecular weight excluding hydrogens is 408 g/mol. The van der Waals surface area contributed by atoms with Gasteiger partial charge in [-0.3, -0.25) is 9.59 Å². The number of amides is 2. The predicted molar refractivity (Wildman–Crippen MR) is 102 cm³/mol. The van der Waals surface area contributed by atoms with E-state index in [-0.39, 0.29) is 5.91 Å². The fraction of sp³-hybridized carbons (Fsp3) is 0.294. The zero-order valence-electron chi connectivity index (χ0n) is 14.1. The third kappa shape index (κ3) is 4.59. The van der Waals surface area contributed by atoms with Crippen LogP contribution in [0.5, 0.6) is 5.75 Å². The van der Waals surface area contributed by atoms with Crippen LogP contribution in [-0.2, 0) is 4.74 Å². The maximum atomic E-state index is 12.7. The summed E-state index contributed by atoms with van der Waals surface area (Å²) in [4.78, 5) is 25.4. The van der Waals surface area contributed by atoms with Gasteiger partial charge < -0.3 is 20.5 Å². The number of carbonyl (C=O) groups excluding carboxylic acids is 2. The minimum Gasteiger partial charge on any atom is -0.490 e. The van der Waals surface area contributed by atoms with Gasteiger partial charge in [-0.1, -0.05) is 15.9 Å². The van der Waals surface area contributed by atoms with Crippen LogP contribution in [0.4, 0.5) is 5.00 Å². The summed E-state index contributed by atoms with van der Waals surface area (Å²) in [6.45, 7) is 4.41. The molecule has 0 atom stereocenters. The average Bonchev–Trinajstić information content (AvgIpc) is 2.83. The second-order valence-electron chi connectivity index (χ2n) is 5.29. The Morgan fingerprint density at radius 2 is 2.00 bits per heavy atom. The molecule has 0 spiro atoms. The molecule has 0 aliphatic carbocycles. The van der Waals surface area contributed by atoms with Crippen LogP contribution in [0.1, 0.15) is 31.2 Å². The van der Waals surface area contributed by atoms with Crippen LogP contribution in [0, 0.1) is 13.8 Å². The number of ether oxygens (including phenoxy) is 2. The molecule has 1 heterocycles. The minimum atomic E-state index is -0.567. The van der Waals surface area contributed by atoms with Gasteiger partial charge in [0.05, 0.1) is 17.7 Å². The van der Waals surface area contributed by atoms with Gasteiger partial charge >= 0.3 is 0 Å². The fourth-order valence-electron chi connectivity index (χ4n) is 2.22. The van der Waals surface area contributed by atoms with Crippen molar-refractivity contribution in [2.75, 3.05) is 25.6 Å². The zero-order chi connectivity index (χ0) is 18.6. The molecule has 0 aliphatic heterocycles. The number of methoxy groups -OCH3 is 1. The first-order valence-corrected chi connectivity index (χ1v) is 9.08. The number of rotatable bonds is 7. The van der Waals surface area contributed by atoms with Gasteiger partial charge in [0.1, 0.15) is 17.4 Å². The Morgan fingerprint density at radius 1 is 1.28 bits per heavy atom. The molecule has 8 heteroatoms. The molecule has 3 N–H and O–H groups in total. The summed E-state index contributed by atoms with van der Waals surface area (Å²) in [6, 6.07) is 5.15. The maximum absolute atomic E-state index is 12.7. The molecule has 2 rings (SSSR count). The van der Waals surface area contributed by atoms with Crippen LogP contribution < -0.4 is 15.8 Å². The number of carbonyl (C=O) groups is 2. The predicted octanol–water partition coefficient (Wildman–Crippen LogP) is 3.50. The van der Waals surface area contributed by atoms with Crippen molar-refractivity contribution in [3.63, 3.8) is 0 Å². The smallest absolute Gasteiger partial charge is 0.260 e.